The summed E-state index contributed by atoms with van der Waals surface area (Å²) in [5, 5.41) is 3.63. The van der Waals surface area contributed by atoms with E-state index in [1.807, 2.05) is 42.1 Å². The van der Waals surface area contributed by atoms with Crippen molar-refractivity contribution in [3.63, 3.8) is 0 Å². The highest BCUT2D eigenvalue weighted by Crippen LogP contribution is 2.28. The van der Waals surface area contributed by atoms with Crippen LogP contribution in [-0.4, -0.2) is 23.5 Å². The van der Waals surface area contributed by atoms with Crippen LogP contribution in [0.4, 0.5) is 0 Å². The number of thioether (sulfide) groups is 1. The highest BCUT2D eigenvalue weighted by Gasteiger charge is 2.29. The summed E-state index contributed by atoms with van der Waals surface area (Å²) in [6.45, 7) is 0. The van der Waals surface area contributed by atoms with Crippen molar-refractivity contribution in [2.45, 2.75) is 36.6 Å². The Labute approximate surface area is 113 Å². The number of nitrogens with two attached hydrogens (primary N) is 1. The van der Waals surface area contributed by atoms with E-state index in [2.05, 4.69) is 11.6 Å². The highest BCUT2D eigenvalue weighted by atomic mass is 32.2. The van der Waals surface area contributed by atoms with Crippen LogP contribution in [0.5, 0.6) is 0 Å². The van der Waals surface area contributed by atoms with E-state index in [4.69, 9.17) is 5.73 Å². The lowest BCUT2D eigenvalue weighted by Gasteiger charge is -2.21. The monoisotopic (exact) mass is 264 g/mol. The Morgan fingerprint density at radius 2 is 2.11 bits per heavy atom. The maximum absolute atomic E-state index is 12.1. The molecule has 2 rings (SSSR count). The standard InChI is InChI=1S/C14H20N2OS/c1-18-12-9-5-8-11(12)16-14(17)13(15)10-6-3-2-4-7-10/h2-4,6-7,11-13H,5,8-9,15H2,1H3,(H,16,17)/t11?,12?,13-/m0/s1. The van der Waals surface area contributed by atoms with E-state index >= 15 is 0 Å². The fourth-order valence-electron chi connectivity index (χ4n) is 2.46. The maximum atomic E-state index is 12.1. The Morgan fingerprint density at radius 1 is 1.39 bits per heavy atom. The van der Waals surface area contributed by atoms with E-state index in [1.54, 1.807) is 0 Å². The first kappa shape index (κ1) is 13.4. The molecule has 4 heteroatoms. The van der Waals surface area contributed by atoms with Crippen LogP contribution in [0, 0.1) is 0 Å². The molecule has 98 valence electrons. The van der Waals surface area contributed by atoms with Crippen molar-refractivity contribution in [1.29, 1.82) is 0 Å². The minimum absolute atomic E-state index is 0.0628. The molecule has 0 saturated heterocycles. The van der Waals surface area contributed by atoms with Gasteiger partial charge in [-0.2, -0.15) is 11.8 Å². The van der Waals surface area contributed by atoms with Crippen LogP contribution in [-0.2, 0) is 4.79 Å². The lowest BCUT2D eigenvalue weighted by molar-refractivity contribution is -0.123. The van der Waals surface area contributed by atoms with E-state index in [0.29, 0.717) is 5.25 Å². The maximum Gasteiger partial charge on any atom is 0.241 e. The summed E-state index contributed by atoms with van der Waals surface area (Å²) in [6.07, 6.45) is 5.55. The van der Waals surface area contributed by atoms with E-state index in [0.717, 1.165) is 12.0 Å². The molecule has 0 heterocycles. The number of carbonyl (C=O) groups excluding carboxylic acids is 1. The van der Waals surface area contributed by atoms with Gasteiger partial charge >= 0.3 is 0 Å². The Bertz CT molecular complexity index is 396. The molecule has 1 aliphatic carbocycles. The molecule has 1 aromatic rings. The molecule has 1 saturated carbocycles. The molecule has 3 N–H and O–H groups in total. The minimum atomic E-state index is -0.561. The Hall–Kier alpha value is -1.00. The van der Waals surface area contributed by atoms with Gasteiger partial charge in [-0.25, -0.2) is 0 Å². The fraction of sp³-hybridized carbons (Fsp3) is 0.500. The highest BCUT2D eigenvalue weighted by molar-refractivity contribution is 7.99. The molecular formula is C14H20N2OS. The number of carbonyl (C=O) groups is 1. The summed E-state index contributed by atoms with van der Waals surface area (Å²) < 4.78 is 0. The molecular weight excluding hydrogens is 244 g/mol. The molecule has 0 bridgehead atoms. The predicted molar refractivity (Wildman–Crippen MR) is 76.5 cm³/mol. The SMILES string of the molecule is CSC1CCCC1NC(=O)[C@@H](N)c1ccccc1. The Kier molecular flexibility index (Phi) is 4.66. The first-order valence-corrected chi connectivity index (χ1v) is 7.65. The summed E-state index contributed by atoms with van der Waals surface area (Å²) in [5.74, 6) is -0.0628. The van der Waals surface area contributed by atoms with Gasteiger partial charge in [0.1, 0.15) is 6.04 Å². The van der Waals surface area contributed by atoms with Gasteiger partial charge in [-0.1, -0.05) is 36.8 Å². The van der Waals surface area contributed by atoms with E-state index in [1.165, 1.54) is 12.8 Å². The van der Waals surface area contributed by atoms with E-state index in [-0.39, 0.29) is 11.9 Å². The van der Waals surface area contributed by atoms with Crippen molar-refractivity contribution in [2.24, 2.45) is 5.73 Å². The molecule has 2 unspecified atom stereocenters. The lowest BCUT2D eigenvalue weighted by Crippen LogP contribution is -2.43. The van der Waals surface area contributed by atoms with Gasteiger partial charge in [0.2, 0.25) is 5.91 Å². The van der Waals surface area contributed by atoms with E-state index < -0.39 is 6.04 Å². The van der Waals surface area contributed by atoms with Crippen LogP contribution >= 0.6 is 11.8 Å². The third kappa shape index (κ3) is 3.06. The molecule has 1 aliphatic rings. The van der Waals surface area contributed by atoms with Crippen molar-refractivity contribution < 1.29 is 4.79 Å². The van der Waals surface area contributed by atoms with Crippen LogP contribution in [0.1, 0.15) is 30.9 Å². The fourth-order valence-corrected chi connectivity index (χ4v) is 3.39. The summed E-state index contributed by atoms with van der Waals surface area (Å²) in [6, 6.07) is 9.24. The third-order valence-corrected chi connectivity index (χ3v) is 4.69. The van der Waals surface area contributed by atoms with Crippen molar-refractivity contribution in [3.8, 4) is 0 Å². The van der Waals surface area contributed by atoms with Gasteiger partial charge in [-0.05, 0) is 24.7 Å². The molecule has 1 amide bonds. The number of nitrogens with one attached hydrogen (secondary N) is 1. The largest absolute Gasteiger partial charge is 0.351 e. The third-order valence-electron chi connectivity index (χ3n) is 3.52. The molecule has 0 radical (unpaired) electrons. The molecule has 1 aromatic carbocycles. The summed E-state index contributed by atoms with van der Waals surface area (Å²) in [4.78, 5) is 12.1. The number of rotatable bonds is 4. The molecule has 3 nitrogen and oxygen atoms in total. The van der Waals surface area contributed by atoms with Crippen LogP contribution in [0.3, 0.4) is 0 Å². The lowest BCUT2D eigenvalue weighted by atomic mass is 10.1. The smallest absolute Gasteiger partial charge is 0.241 e. The van der Waals surface area contributed by atoms with Crippen LogP contribution < -0.4 is 11.1 Å². The number of hydrogen-bond acceptors (Lipinski definition) is 3. The normalized spacial score (nSPS) is 24.8. The molecule has 0 aromatic heterocycles. The minimum Gasteiger partial charge on any atom is -0.351 e. The quantitative estimate of drug-likeness (QED) is 0.875. The topological polar surface area (TPSA) is 55.1 Å². The second-order valence-corrected chi connectivity index (χ2v) is 5.79. The number of benzene rings is 1. The predicted octanol–water partition coefficient (Wildman–Crippen LogP) is 2.09. The Balaban J connectivity index is 1.95. The second-order valence-electron chi connectivity index (χ2n) is 4.71. The summed E-state index contributed by atoms with van der Waals surface area (Å²) >= 11 is 1.83. The number of hydrogen-bond donors (Lipinski definition) is 2. The van der Waals surface area contributed by atoms with Crippen LogP contribution in [0.25, 0.3) is 0 Å². The Morgan fingerprint density at radius 3 is 2.78 bits per heavy atom. The van der Waals surface area contributed by atoms with Gasteiger partial charge in [0.15, 0.2) is 0 Å². The van der Waals surface area contributed by atoms with Gasteiger partial charge < -0.3 is 11.1 Å². The van der Waals surface area contributed by atoms with Gasteiger partial charge in [0, 0.05) is 11.3 Å². The zero-order valence-electron chi connectivity index (χ0n) is 10.6. The number of amides is 1. The van der Waals surface area contributed by atoms with Gasteiger partial charge in [-0.3, -0.25) is 4.79 Å². The first-order valence-electron chi connectivity index (χ1n) is 6.36. The van der Waals surface area contributed by atoms with Crippen LogP contribution in [0.15, 0.2) is 30.3 Å². The average Bonchev–Trinajstić information content (AvgIpc) is 2.86. The van der Waals surface area contributed by atoms with Gasteiger partial charge in [-0.15, -0.1) is 0 Å². The molecule has 18 heavy (non-hydrogen) atoms. The van der Waals surface area contributed by atoms with Gasteiger partial charge in [0.05, 0.1) is 0 Å². The first-order chi connectivity index (χ1) is 8.72. The zero-order chi connectivity index (χ0) is 13.0. The van der Waals surface area contributed by atoms with E-state index in [9.17, 15) is 4.79 Å². The zero-order valence-corrected chi connectivity index (χ0v) is 11.5. The average molecular weight is 264 g/mol. The molecule has 3 atom stereocenters. The summed E-state index contributed by atoms with van der Waals surface area (Å²) in [7, 11) is 0. The van der Waals surface area contributed by atoms with Crippen molar-refractivity contribution >= 4 is 17.7 Å². The second kappa shape index (κ2) is 6.25. The molecule has 0 aliphatic heterocycles. The molecule has 1 fully saturated rings. The van der Waals surface area contributed by atoms with Crippen molar-refractivity contribution in [1.82, 2.24) is 5.32 Å². The van der Waals surface area contributed by atoms with Gasteiger partial charge in [0.25, 0.3) is 0 Å². The summed E-state index contributed by atoms with van der Waals surface area (Å²) in [5.41, 5.74) is 6.85. The molecule has 0 spiro atoms. The van der Waals surface area contributed by atoms with Crippen molar-refractivity contribution in [3.05, 3.63) is 35.9 Å². The van der Waals surface area contributed by atoms with Crippen LogP contribution in [0.2, 0.25) is 0 Å². The van der Waals surface area contributed by atoms with Crippen molar-refractivity contribution in [2.75, 3.05) is 6.26 Å².